The molecule has 0 saturated carbocycles. The second kappa shape index (κ2) is 6.06. The molecule has 25 heavy (non-hydrogen) atoms. The van der Waals surface area contributed by atoms with Crippen LogP contribution in [0.4, 0.5) is 11.4 Å². The Morgan fingerprint density at radius 3 is 2.60 bits per heavy atom. The van der Waals surface area contributed by atoms with Crippen molar-refractivity contribution in [2.75, 3.05) is 11.6 Å². The molecule has 1 heterocycles. The highest BCUT2D eigenvalue weighted by molar-refractivity contribution is 7.90. The van der Waals surface area contributed by atoms with E-state index in [-0.39, 0.29) is 16.2 Å². The number of nitrogens with one attached hydrogen (secondary N) is 1. The van der Waals surface area contributed by atoms with E-state index in [0.717, 1.165) is 6.26 Å². The summed E-state index contributed by atoms with van der Waals surface area (Å²) in [5.41, 5.74) is 6.88. The fourth-order valence-corrected chi connectivity index (χ4v) is 3.10. The molecule has 2 aromatic carbocycles. The topological polar surface area (TPSA) is 122 Å². The van der Waals surface area contributed by atoms with Gasteiger partial charge >= 0.3 is 0 Å². The number of aromatic nitrogens is 1. The van der Waals surface area contributed by atoms with Crippen molar-refractivity contribution in [1.29, 1.82) is 0 Å². The number of nitrogens with zero attached hydrogens (tertiary/aromatic N) is 1. The van der Waals surface area contributed by atoms with Gasteiger partial charge in [-0.3, -0.25) is 9.78 Å². The standard InChI is InChI=1S/C17H15N3O4S/c1-25(23,24)12-5-6-15-13(8-12)16(14(9-19-15)17(18)22)20-10-3-2-4-11(21)7-10/h2-9,21H,1H3,(H2,18,22)(H,19,20). The van der Waals surface area contributed by atoms with E-state index in [2.05, 4.69) is 10.3 Å². The summed E-state index contributed by atoms with van der Waals surface area (Å²) in [6, 6.07) is 10.8. The fraction of sp³-hybridized carbons (Fsp3) is 0.0588. The number of fused-ring (bicyclic) bond motifs is 1. The zero-order chi connectivity index (χ0) is 18.2. The number of phenols is 1. The minimum Gasteiger partial charge on any atom is -0.508 e. The Labute approximate surface area is 144 Å². The number of phenolic OH excluding ortho intramolecular Hbond substituents is 1. The highest BCUT2D eigenvalue weighted by atomic mass is 32.2. The third-order valence-corrected chi connectivity index (χ3v) is 4.76. The molecule has 128 valence electrons. The molecule has 0 unspecified atom stereocenters. The summed E-state index contributed by atoms with van der Waals surface area (Å²) < 4.78 is 23.7. The Morgan fingerprint density at radius 2 is 1.96 bits per heavy atom. The number of aromatic hydroxyl groups is 1. The Kier molecular flexibility index (Phi) is 4.05. The number of sulfone groups is 1. The first-order valence-corrected chi connectivity index (χ1v) is 9.13. The summed E-state index contributed by atoms with van der Waals surface area (Å²) in [5, 5.41) is 13.1. The molecule has 0 aliphatic carbocycles. The van der Waals surface area contributed by atoms with E-state index in [1.165, 1.54) is 30.5 Å². The molecule has 1 amide bonds. The number of nitrogens with two attached hydrogens (primary N) is 1. The van der Waals surface area contributed by atoms with Gasteiger partial charge in [0.1, 0.15) is 5.75 Å². The normalized spacial score (nSPS) is 11.4. The van der Waals surface area contributed by atoms with Crippen LogP contribution >= 0.6 is 0 Å². The van der Waals surface area contributed by atoms with E-state index >= 15 is 0 Å². The van der Waals surface area contributed by atoms with Gasteiger partial charge in [-0.1, -0.05) is 6.07 Å². The van der Waals surface area contributed by atoms with Crippen LogP contribution in [-0.4, -0.2) is 30.7 Å². The molecular weight excluding hydrogens is 342 g/mol. The van der Waals surface area contributed by atoms with Gasteiger partial charge in [0.15, 0.2) is 9.84 Å². The van der Waals surface area contributed by atoms with E-state index in [1.54, 1.807) is 18.2 Å². The Morgan fingerprint density at radius 1 is 1.20 bits per heavy atom. The van der Waals surface area contributed by atoms with E-state index in [1.807, 2.05) is 0 Å². The van der Waals surface area contributed by atoms with Crippen molar-refractivity contribution >= 4 is 38.0 Å². The highest BCUT2D eigenvalue weighted by Crippen LogP contribution is 2.31. The summed E-state index contributed by atoms with van der Waals surface area (Å²) in [6.07, 6.45) is 2.43. The molecule has 4 N–H and O–H groups in total. The van der Waals surface area contributed by atoms with E-state index < -0.39 is 15.7 Å². The van der Waals surface area contributed by atoms with Crippen LogP contribution < -0.4 is 11.1 Å². The molecule has 3 rings (SSSR count). The number of carbonyl (C=O) groups is 1. The summed E-state index contributed by atoms with van der Waals surface area (Å²) in [6.45, 7) is 0. The number of rotatable bonds is 4. The van der Waals surface area contributed by atoms with Crippen molar-refractivity contribution in [1.82, 2.24) is 4.98 Å². The van der Waals surface area contributed by atoms with Crippen LogP contribution in [0, 0.1) is 0 Å². The molecule has 0 atom stereocenters. The van der Waals surface area contributed by atoms with Crippen LogP contribution in [0.3, 0.4) is 0 Å². The molecule has 0 bridgehead atoms. The summed E-state index contributed by atoms with van der Waals surface area (Å²) in [5.74, 6) is -0.664. The quantitative estimate of drug-likeness (QED) is 0.658. The van der Waals surface area contributed by atoms with Crippen molar-refractivity contribution < 1.29 is 18.3 Å². The molecule has 1 aromatic heterocycles. The van der Waals surface area contributed by atoms with Gasteiger partial charge in [-0.25, -0.2) is 8.42 Å². The lowest BCUT2D eigenvalue weighted by Crippen LogP contribution is -2.14. The molecule has 8 heteroatoms. The molecule has 0 radical (unpaired) electrons. The van der Waals surface area contributed by atoms with Crippen LogP contribution in [0.2, 0.25) is 0 Å². The monoisotopic (exact) mass is 357 g/mol. The van der Waals surface area contributed by atoms with E-state index in [9.17, 15) is 18.3 Å². The van der Waals surface area contributed by atoms with Crippen LogP contribution in [-0.2, 0) is 9.84 Å². The first-order chi connectivity index (χ1) is 11.8. The van der Waals surface area contributed by atoms with Crippen molar-refractivity contribution in [3.63, 3.8) is 0 Å². The number of hydrogen-bond acceptors (Lipinski definition) is 6. The van der Waals surface area contributed by atoms with Crippen molar-refractivity contribution in [2.24, 2.45) is 5.73 Å². The Hall–Kier alpha value is -3.13. The lowest BCUT2D eigenvalue weighted by molar-refractivity contribution is 0.100. The van der Waals surface area contributed by atoms with Crippen LogP contribution in [0.5, 0.6) is 5.75 Å². The van der Waals surface area contributed by atoms with Gasteiger partial charge in [0.2, 0.25) is 0 Å². The van der Waals surface area contributed by atoms with Gasteiger partial charge < -0.3 is 16.2 Å². The third-order valence-electron chi connectivity index (χ3n) is 3.65. The van der Waals surface area contributed by atoms with Gasteiger partial charge in [0.25, 0.3) is 5.91 Å². The zero-order valence-electron chi connectivity index (χ0n) is 13.2. The maximum absolute atomic E-state index is 11.8. The molecule has 7 nitrogen and oxygen atoms in total. The maximum Gasteiger partial charge on any atom is 0.252 e. The van der Waals surface area contributed by atoms with Crippen LogP contribution in [0.1, 0.15) is 10.4 Å². The minimum atomic E-state index is -3.44. The van der Waals surface area contributed by atoms with Gasteiger partial charge in [-0.2, -0.15) is 0 Å². The zero-order valence-corrected chi connectivity index (χ0v) is 14.0. The summed E-state index contributed by atoms with van der Waals surface area (Å²) in [4.78, 5) is 16.0. The number of hydrogen-bond donors (Lipinski definition) is 3. The van der Waals surface area contributed by atoms with Gasteiger partial charge in [0.05, 0.1) is 21.7 Å². The first-order valence-electron chi connectivity index (χ1n) is 7.24. The Balaban J connectivity index is 2.28. The van der Waals surface area contributed by atoms with Gasteiger partial charge in [-0.05, 0) is 30.3 Å². The summed E-state index contributed by atoms with van der Waals surface area (Å²) >= 11 is 0. The molecular formula is C17H15N3O4S. The molecule has 0 spiro atoms. The second-order valence-corrected chi connectivity index (χ2v) is 7.55. The smallest absolute Gasteiger partial charge is 0.252 e. The van der Waals surface area contributed by atoms with Crippen molar-refractivity contribution in [2.45, 2.75) is 4.90 Å². The molecule has 0 aliphatic rings. The number of benzene rings is 2. The van der Waals surface area contributed by atoms with Crippen LogP contribution in [0.25, 0.3) is 10.9 Å². The van der Waals surface area contributed by atoms with Gasteiger partial charge in [0, 0.05) is 29.6 Å². The molecule has 3 aromatic rings. The number of carbonyl (C=O) groups excluding carboxylic acids is 1. The van der Waals surface area contributed by atoms with E-state index in [0.29, 0.717) is 22.3 Å². The largest absolute Gasteiger partial charge is 0.508 e. The highest BCUT2D eigenvalue weighted by Gasteiger charge is 2.16. The second-order valence-electron chi connectivity index (χ2n) is 5.54. The molecule has 0 fully saturated rings. The first kappa shape index (κ1) is 16.7. The molecule has 0 saturated heterocycles. The summed E-state index contributed by atoms with van der Waals surface area (Å²) in [7, 11) is -3.44. The lowest BCUT2D eigenvalue weighted by atomic mass is 10.1. The Bertz CT molecular complexity index is 1090. The third kappa shape index (κ3) is 3.38. The fourth-order valence-electron chi connectivity index (χ4n) is 2.45. The molecule has 0 aliphatic heterocycles. The SMILES string of the molecule is CS(=O)(=O)c1ccc2ncc(C(N)=O)c(Nc3cccc(O)c3)c2c1. The number of pyridine rings is 1. The average molecular weight is 357 g/mol. The predicted octanol–water partition coefficient (Wildman–Crippen LogP) is 2.19. The van der Waals surface area contributed by atoms with E-state index in [4.69, 9.17) is 5.73 Å². The predicted molar refractivity (Wildman–Crippen MR) is 94.8 cm³/mol. The maximum atomic E-state index is 11.8. The number of anilines is 2. The van der Waals surface area contributed by atoms with Gasteiger partial charge in [-0.15, -0.1) is 0 Å². The van der Waals surface area contributed by atoms with Crippen molar-refractivity contribution in [3.05, 3.63) is 54.2 Å². The lowest BCUT2D eigenvalue weighted by Gasteiger charge is -2.14. The number of primary amides is 1. The minimum absolute atomic E-state index is 0.0424. The average Bonchev–Trinajstić information content (AvgIpc) is 2.53. The number of amides is 1. The van der Waals surface area contributed by atoms with Crippen molar-refractivity contribution in [3.8, 4) is 5.75 Å². The van der Waals surface area contributed by atoms with Crippen LogP contribution in [0.15, 0.2) is 53.6 Å².